The Balaban J connectivity index is 1.95. The number of hydrogen-bond acceptors (Lipinski definition) is 3. The summed E-state index contributed by atoms with van der Waals surface area (Å²) in [6, 6.07) is 14.8. The van der Waals surface area contributed by atoms with E-state index in [9.17, 15) is 13.2 Å². The van der Waals surface area contributed by atoms with Crippen LogP contribution in [0, 0.1) is 13.8 Å². The summed E-state index contributed by atoms with van der Waals surface area (Å²) < 4.78 is 23.7. The maximum absolute atomic E-state index is 13.0. The minimum Gasteiger partial charge on any atom is -0.304 e. The van der Waals surface area contributed by atoms with E-state index in [4.69, 9.17) is 0 Å². The van der Waals surface area contributed by atoms with E-state index in [1.165, 1.54) is 5.41 Å². The summed E-state index contributed by atoms with van der Waals surface area (Å²) in [5.41, 5.74) is 3.84. The molecule has 0 fully saturated rings. The molecule has 3 rings (SSSR count). The molecule has 0 saturated carbocycles. The van der Waals surface area contributed by atoms with Gasteiger partial charge in [-0.1, -0.05) is 36.4 Å². The van der Waals surface area contributed by atoms with Crippen LogP contribution < -0.4 is 4.90 Å². The van der Waals surface area contributed by atoms with Crippen LogP contribution in [-0.2, 0) is 21.1 Å². The van der Waals surface area contributed by atoms with Gasteiger partial charge in [-0.3, -0.25) is 4.79 Å². The molecule has 1 aliphatic heterocycles. The molecule has 0 aromatic heterocycles. The van der Waals surface area contributed by atoms with Gasteiger partial charge in [0.15, 0.2) is 9.84 Å². The fourth-order valence-corrected chi connectivity index (χ4v) is 4.24. The predicted molar refractivity (Wildman–Crippen MR) is 100 cm³/mol. The lowest BCUT2D eigenvalue weighted by molar-refractivity contribution is -0.118. The Morgan fingerprint density at radius 3 is 2.40 bits per heavy atom. The van der Waals surface area contributed by atoms with Crippen molar-refractivity contribution in [2.45, 2.75) is 26.3 Å². The average Bonchev–Trinajstić information content (AvgIpc) is 2.91. The number of benzene rings is 2. The van der Waals surface area contributed by atoms with Gasteiger partial charge in [-0.05, 0) is 48.7 Å². The molecule has 5 heteroatoms. The van der Waals surface area contributed by atoms with Crippen molar-refractivity contribution in [1.82, 2.24) is 0 Å². The zero-order chi connectivity index (χ0) is 18.0. The maximum Gasteiger partial charge on any atom is 0.231 e. The van der Waals surface area contributed by atoms with E-state index in [1.54, 1.807) is 11.0 Å². The highest BCUT2D eigenvalue weighted by Gasteiger charge is 2.31. The third-order valence-corrected chi connectivity index (χ3v) is 5.86. The maximum atomic E-state index is 13.0. The van der Waals surface area contributed by atoms with Crippen LogP contribution in [0.5, 0.6) is 0 Å². The zero-order valence-electron chi connectivity index (χ0n) is 14.3. The van der Waals surface area contributed by atoms with Gasteiger partial charge in [-0.15, -0.1) is 0 Å². The first-order chi connectivity index (χ1) is 11.9. The largest absolute Gasteiger partial charge is 0.304 e. The molecule has 0 bridgehead atoms. The molecule has 1 heterocycles. The van der Waals surface area contributed by atoms with Gasteiger partial charge >= 0.3 is 0 Å². The SMILES string of the molecule is Cc1ccc(N(C(=O)Cc2ccccc2)[C@@H]2C=CS(=O)(=O)C2)cc1C. The van der Waals surface area contributed by atoms with E-state index in [0.717, 1.165) is 22.4 Å². The Hall–Kier alpha value is -2.40. The Bertz CT molecular complexity index is 917. The Morgan fingerprint density at radius 1 is 1.08 bits per heavy atom. The number of rotatable bonds is 4. The molecule has 0 N–H and O–H groups in total. The van der Waals surface area contributed by atoms with Crippen molar-refractivity contribution in [3.8, 4) is 0 Å². The van der Waals surface area contributed by atoms with Gasteiger partial charge in [0.2, 0.25) is 5.91 Å². The molecular weight excluding hydrogens is 334 g/mol. The molecule has 1 atom stereocenters. The van der Waals surface area contributed by atoms with Crippen molar-refractivity contribution in [2.24, 2.45) is 0 Å². The van der Waals surface area contributed by atoms with E-state index in [0.29, 0.717) is 0 Å². The van der Waals surface area contributed by atoms with Crippen molar-refractivity contribution in [1.29, 1.82) is 0 Å². The van der Waals surface area contributed by atoms with Gasteiger partial charge in [-0.25, -0.2) is 8.42 Å². The quantitative estimate of drug-likeness (QED) is 0.846. The van der Waals surface area contributed by atoms with Crippen LogP contribution in [0.25, 0.3) is 0 Å². The zero-order valence-corrected chi connectivity index (χ0v) is 15.2. The van der Waals surface area contributed by atoms with Gasteiger partial charge in [0.05, 0.1) is 18.2 Å². The Labute approximate surface area is 148 Å². The highest BCUT2D eigenvalue weighted by molar-refractivity contribution is 7.94. The lowest BCUT2D eigenvalue weighted by Gasteiger charge is -2.28. The van der Waals surface area contributed by atoms with Crippen LogP contribution in [0.4, 0.5) is 5.69 Å². The van der Waals surface area contributed by atoms with Crippen LogP contribution >= 0.6 is 0 Å². The average molecular weight is 355 g/mol. The van der Waals surface area contributed by atoms with Crippen molar-refractivity contribution in [2.75, 3.05) is 10.7 Å². The fourth-order valence-electron chi connectivity index (χ4n) is 2.97. The first-order valence-corrected chi connectivity index (χ1v) is 9.91. The highest BCUT2D eigenvalue weighted by Crippen LogP contribution is 2.26. The first kappa shape index (κ1) is 17.4. The van der Waals surface area contributed by atoms with Gasteiger partial charge in [-0.2, -0.15) is 0 Å². The molecule has 25 heavy (non-hydrogen) atoms. The molecule has 4 nitrogen and oxygen atoms in total. The van der Waals surface area contributed by atoms with Gasteiger partial charge < -0.3 is 4.90 Å². The number of hydrogen-bond donors (Lipinski definition) is 0. The molecular formula is C20H21NO3S. The number of aryl methyl sites for hydroxylation is 2. The molecule has 130 valence electrons. The molecule has 2 aromatic rings. The van der Waals surface area contributed by atoms with Crippen LogP contribution in [0.3, 0.4) is 0 Å². The van der Waals surface area contributed by atoms with Gasteiger partial charge in [0, 0.05) is 11.1 Å². The van der Waals surface area contributed by atoms with E-state index in [2.05, 4.69) is 0 Å². The second kappa shape index (κ2) is 6.84. The Kier molecular flexibility index (Phi) is 4.77. The number of amides is 1. The standard InChI is InChI=1S/C20H21NO3S/c1-15-8-9-18(12-16(15)2)21(19-10-11-25(23,24)14-19)20(22)13-17-6-4-3-5-7-17/h3-12,19H,13-14H2,1-2H3/t19-/m1/s1. The lowest BCUT2D eigenvalue weighted by Crippen LogP contribution is -2.42. The topological polar surface area (TPSA) is 54.5 Å². The molecule has 0 spiro atoms. The summed E-state index contributed by atoms with van der Waals surface area (Å²) in [7, 11) is -3.25. The van der Waals surface area contributed by atoms with Crippen LogP contribution in [0.1, 0.15) is 16.7 Å². The van der Waals surface area contributed by atoms with Crippen molar-refractivity contribution in [3.63, 3.8) is 0 Å². The normalized spacial score (nSPS) is 18.2. The molecule has 0 radical (unpaired) electrons. The van der Waals surface area contributed by atoms with E-state index in [1.807, 2.05) is 62.4 Å². The predicted octanol–water partition coefficient (Wildman–Crippen LogP) is 3.19. The third kappa shape index (κ3) is 3.99. The fraction of sp³-hybridized carbons (Fsp3) is 0.250. The van der Waals surface area contributed by atoms with Crippen molar-refractivity contribution < 1.29 is 13.2 Å². The second-order valence-corrected chi connectivity index (χ2v) is 8.35. The molecule has 1 aliphatic rings. The number of nitrogens with zero attached hydrogens (tertiary/aromatic N) is 1. The molecule has 2 aromatic carbocycles. The number of carbonyl (C=O) groups excluding carboxylic acids is 1. The minimum atomic E-state index is -3.25. The molecule has 0 aliphatic carbocycles. The smallest absolute Gasteiger partial charge is 0.231 e. The van der Waals surface area contributed by atoms with E-state index >= 15 is 0 Å². The monoisotopic (exact) mass is 355 g/mol. The van der Waals surface area contributed by atoms with Crippen molar-refractivity contribution in [3.05, 3.63) is 76.7 Å². The van der Waals surface area contributed by atoms with Gasteiger partial charge in [0.25, 0.3) is 0 Å². The van der Waals surface area contributed by atoms with E-state index in [-0.39, 0.29) is 18.1 Å². The Morgan fingerprint density at radius 2 is 1.80 bits per heavy atom. The summed E-state index contributed by atoms with van der Waals surface area (Å²) in [6.45, 7) is 4.00. The first-order valence-electron chi connectivity index (χ1n) is 8.20. The molecule has 0 unspecified atom stereocenters. The van der Waals surface area contributed by atoms with Crippen LogP contribution in [-0.4, -0.2) is 26.1 Å². The lowest BCUT2D eigenvalue weighted by atomic mass is 10.1. The molecule has 0 saturated heterocycles. The summed E-state index contributed by atoms with van der Waals surface area (Å²) in [4.78, 5) is 14.6. The number of anilines is 1. The summed E-state index contributed by atoms with van der Waals surface area (Å²) in [6.07, 6.45) is 1.84. The van der Waals surface area contributed by atoms with Crippen molar-refractivity contribution >= 4 is 21.4 Å². The van der Waals surface area contributed by atoms with Crippen LogP contribution in [0.2, 0.25) is 0 Å². The number of sulfone groups is 1. The highest BCUT2D eigenvalue weighted by atomic mass is 32.2. The second-order valence-electron chi connectivity index (χ2n) is 6.42. The summed E-state index contributed by atoms with van der Waals surface area (Å²) in [5, 5.41) is 1.21. The number of carbonyl (C=O) groups is 1. The minimum absolute atomic E-state index is 0.0690. The molecule has 1 amide bonds. The van der Waals surface area contributed by atoms with Gasteiger partial charge in [0.1, 0.15) is 0 Å². The van der Waals surface area contributed by atoms with E-state index < -0.39 is 15.9 Å². The van der Waals surface area contributed by atoms with Crippen LogP contribution in [0.15, 0.2) is 60.0 Å². The summed E-state index contributed by atoms with van der Waals surface area (Å²) in [5.74, 6) is -0.179. The summed E-state index contributed by atoms with van der Waals surface area (Å²) >= 11 is 0. The third-order valence-electron chi connectivity index (χ3n) is 4.48.